The van der Waals surface area contributed by atoms with Gasteiger partial charge >= 0.3 is 0 Å². The lowest BCUT2D eigenvalue weighted by Gasteiger charge is -2.06. The van der Waals surface area contributed by atoms with E-state index < -0.39 is 10.8 Å². The molecule has 2 nitrogen and oxygen atoms in total. The van der Waals surface area contributed by atoms with Gasteiger partial charge in [0.05, 0.1) is 0 Å². The molecular formula is C13H20O2S. The second-order valence-corrected chi connectivity index (χ2v) is 5.84. The molecule has 0 aliphatic heterocycles. The van der Waals surface area contributed by atoms with Crippen molar-refractivity contribution in [2.75, 3.05) is 12.4 Å². The van der Waals surface area contributed by atoms with E-state index in [0.717, 1.165) is 5.56 Å². The van der Waals surface area contributed by atoms with Crippen LogP contribution in [0.5, 0.6) is 0 Å². The van der Waals surface area contributed by atoms with Crippen molar-refractivity contribution in [1.82, 2.24) is 0 Å². The van der Waals surface area contributed by atoms with Crippen LogP contribution < -0.4 is 0 Å². The van der Waals surface area contributed by atoms with Gasteiger partial charge in [0.2, 0.25) is 0 Å². The molecule has 1 rings (SSSR count). The first-order valence-corrected chi connectivity index (χ1v) is 7.17. The highest BCUT2D eigenvalue weighted by molar-refractivity contribution is 7.84. The number of rotatable bonds is 6. The van der Waals surface area contributed by atoms with Crippen LogP contribution in [0, 0.1) is 0 Å². The molecule has 0 aliphatic carbocycles. The molecule has 0 heterocycles. The average molecular weight is 240 g/mol. The van der Waals surface area contributed by atoms with Gasteiger partial charge in [0.15, 0.2) is 0 Å². The number of hydrogen-bond donors (Lipinski definition) is 1. The highest BCUT2D eigenvalue weighted by atomic mass is 32.2. The average Bonchev–Trinajstić information content (AvgIpc) is 2.27. The molecule has 1 atom stereocenters. The molecule has 1 N–H and O–H groups in total. The molecular weight excluding hydrogens is 220 g/mol. The summed E-state index contributed by atoms with van der Waals surface area (Å²) in [7, 11) is -0.848. The van der Waals surface area contributed by atoms with Gasteiger partial charge in [-0.05, 0) is 23.5 Å². The summed E-state index contributed by atoms with van der Waals surface area (Å²) in [5, 5.41) is 8.64. The van der Waals surface area contributed by atoms with E-state index in [9.17, 15) is 4.21 Å². The van der Waals surface area contributed by atoms with Crippen LogP contribution in [0.15, 0.2) is 24.3 Å². The van der Waals surface area contributed by atoms with E-state index in [1.165, 1.54) is 5.56 Å². The lowest BCUT2D eigenvalue weighted by molar-refractivity contribution is 0.296. The van der Waals surface area contributed by atoms with Crippen molar-refractivity contribution < 1.29 is 9.32 Å². The van der Waals surface area contributed by atoms with Crippen molar-refractivity contribution in [2.24, 2.45) is 0 Å². The Kier molecular flexibility index (Phi) is 5.71. The Labute approximate surface area is 100 Å². The van der Waals surface area contributed by atoms with E-state index in [1.54, 1.807) is 0 Å². The molecule has 0 saturated heterocycles. The van der Waals surface area contributed by atoms with Crippen LogP contribution in [0.25, 0.3) is 0 Å². The van der Waals surface area contributed by atoms with E-state index in [4.69, 9.17) is 5.11 Å². The summed E-state index contributed by atoms with van der Waals surface area (Å²) in [5.41, 5.74) is 2.42. The van der Waals surface area contributed by atoms with Gasteiger partial charge < -0.3 is 5.11 Å². The Morgan fingerprint density at radius 1 is 1.25 bits per heavy atom. The van der Waals surface area contributed by atoms with Gasteiger partial charge in [0, 0.05) is 28.9 Å². The van der Waals surface area contributed by atoms with Gasteiger partial charge in [-0.2, -0.15) is 0 Å². The van der Waals surface area contributed by atoms with Crippen LogP contribution in [-0.4, -0.2) is 21.7 Å². The molecule has 0 fully saturated rings. The van der Waals surface area contributed by atoms with Gasteiger partial charge in [0.25, 0.3) is 0 Å². The summed E-state index contributed by atoms with van der Waals surface area (Å²) in [6.07, 6.45) is 0.622. The highest BCUT2D eigenvalue weighted by Crippen LogP contribution is 2.15. The predicted octanol–water partition coefficient (Wildman–Crippen LogP) is 2.44. The second kappa shape index (κ2) is 6.81. The maximum atomic E-state index is 11.6. The number of aliphatic hydroxyl groups excluding tert-OH is 1. The maximum absolute atomic E-state index is 11.6. The topological polar surface area (TPSA) is 37.3 Å². The summed E-state index contributed by atoms with van der Waals surface area (Å²) < 4.78 is 11.6. The Morgan fingerprint density at radius 3 is 2.38 bits per heavy atom. The third-order valence-electron chi connectivity index (χ3n) is 2.50. The molecule has 0 aromatic heterocycles. The van der Waals surface area contributed by atoms with Crippen LogP contribution in [0.3, 0.4) is 0 Å². The summed E-state index contributed by atoms with van der Waals surface area (Å²) >= 11 is 0. The van der Waals surface area contributed by atoms with E-state index >= 15 is 0 Å². The molecule has 0 saturated carbocycles. The van der Waals surface area contributed by atoms with Crippen LogP contribution in [-0.2, 0) is 16.6 Å². The van der Waals surface area contributed by atoms with Crippen molar-refractivity contribution in [2.45, 2.75) is 31.9 Å². The van der Waals surface area contributed by atoms with Gasteiger partial charge in [-0.25, -0.2) is 0 Å². The molecule has 0 spiro atoms. The van der Waals surface area contributed by atoms with Gasteiger partial charge in [-0.15, -0.1) is 0 Å². The lowest BCUT2D eigenvalue weighted by Crippen LogP contribution is -2.03. The smallest absolute Gasteiger partial charge is 0.0485 e. The fourth-order valence-electron chi connectivity index (χ4n) is 1.48. The minimum absolute atomic E-state index is 0.123. The zero-order valence-electron chi connectivity index (χ0n) is 9.98. The third-order valence-corrected chi connectivity index (χ3v) is 3.90. The lowest BCUT2D eigenvalue weighted by atomic mass is 10.0. The summed E-state index contributed by atoms with van der Waals surface area (Å²) in [6, 6.07) is 8.30. The summed E-state index contributed by atoms with van der Waals surface area (Å²) in [5.74, 6) is 1.72. The van der Waals surface area contributed by atoms with Crippen LogP contribution >= 0.6 is 0 Å². The van der Waals surface area contributed by atoms with Crippen molar-refractivity contribution in [1.29, 1.82) is 0 Å². The van der Waals surface area contributed by atoms with E-state index in [2.05, 4.69) is 26.0 Å². The molecule has 0 radical (unpaired) electrons. The van der Waals surface area contributed by atoms with Crippen molar-refractivity contribution in [3.05, 3.63) is 35.4 Å². The monoisotopic (exact) mass is 240 g/mol. The van der Waals surface area contributed by atoms with Crippen molar-refractivity contribution in [3.63, 3.8) is 0 Å². The normalized spacial score (nSPS) is 13.0. The quantitative estimate of drug-likeness (QED) is 0.829. The Hall–Kier alpha value is -0.670. The Morgan fingerprint density at radius 2 is 1.88 bits per heavy atom. The molecule has 16 heavy (non-hydrogen) atoms. The van der Waals surface area contributed by atoms with Gasteiger partial charge in [0.1, 0.15) is 0 Å². The fraction of sp³-hybridized carbons (Fsp3) is 0.538. The third kappa shape index (κ3) is 4.45. The molecule has 1 aromatic rings. The Balaban J connectivity index is 2.51. The number of aliphatic hydroxyl groups is 1. The molecule has 0 bridgehead atoms. The molecule has 3 heteroatoms. The Bertz CT molecular complexity index is 330. The van der Waals surface area contributed by atoms with E-state index in [1.807, 2.05) is 12.1 Å². The molecule has 0 amide bonds. The summed E-state index contributed by atoms with van der Waals surface area (Å²) in [4.78, 5) is 0. The second-order valence-electron chi connectivity index (χ2n) is 4.26. The molecule has 1 aromatic carbocycles. The first-order valence-electron chi connectivity index (χ1n) is 5.68. The fourth-order valence-corrected chi connectivity index (χ4v) is 2.64. The highest BCUT2D eigenvalue weighted by Gasteiger charge is 2.03. The number of benzene rings is 1. The minimum Gasteiger partial charge on any atom is -0.396 e. The molecule has 0 aliphatic rings. The SMILES string of the molecule is CC(C)c1ccc(CS(=O)CCCO)cc1. The van der Waals surface area contributed by atoms with Crippen LogP contribution in [0.2, 0.25) is 0 Å². The zero-order chi connectivity index (χ0) is 12.0. The first-order chi connectivity index (χ1) is 7.63. The van der Waals surface area contributed by atoms with Crippen LogP contribution in [0.4, 0.5) is 0 Å². The van der Waals surface area contributed by atoms with Gasteiger partial charge in [-0.1, -0.05) is 38.1 Å². The first kappa shape index (κ1) is 13.4. The minimum atomic E-state index is -0.848. The maximum Gasteiger partial charge on any atom is 0.0485 e. The standard InChI is InChI=1S/C13H20O2S/c1-11(2)13-6-4-12(5-7-13)10-16(15)9-3-8-14/h4-7,11,14H,3,8-10H2,1-2H3. The van der Waals surface area contributed by atoms with Gasteiger partial charge in [-0.3, -0.25) is 4.21 Å². The van der Waals surface area contributed by atoms with E-state index in [0.29, 0.717) is 23.8 Å². The van der Waals surface area contributed by atoms with Crippen molar-refractivity contribution >= 4 is 10.8 Å². The summed E-state index contributed by atoms with van der Waals surface area (Å²) in [6.45, 7) is 4.45. The largest absolute Gasteiger partial charge is 0.396 e. The van der Waals surface area contributed by atoms with Crippen molar-refractivity contribution in [3.8, 4) is 0 Å². The van der Waals surface area contributed by atoms with E-state index in [-0.39, 0.29) is 6.61 Å². The zero-order valence-corrected chi connectivity index (χ0v) is 10.8. The predicted molar refractivity (Wildman–Crippen MR) is 68.9 cm³/mol. The van der Waals surface area contributed by atoms with Crippen LogP contribution in [0.1, 0.15) is 37.3 Å². The number of hydrogen-bond acceptors (Lipinski definition) is 2. The molecule has 90 valence electrons. The molecule has 1 unspecified atom stereocenters.